The van der Waals surface area contributed by atoms with E-state index in [1.54, 1.807) is 20.8 Å². The number of hydrogen-bond acceptors (Lipinski definition) is 15. The first-order valence-corrected chi connectivity index (χ1v) is 46.8. The van der Waals surface area contributed by atoms with Crippen molar-refractivity contribution >= 4 is 86.7 Å². The van der Waals surface area contributed by atoms with Gasteiger partial charge in [-0.3, -0.25) is 14.4 Å². The van der Waals surface area contributed by atoms with Crippen molar-refractivity contribution in [3.8, 4) is 0 Å². The number of hydrogen-bond donors (Lipinski definition) is 16. The Balaban J connectivity index is 0.000000632. The maximum absolute atomic E-state index is 13.3. The van der Waals surface area contributed by atoms with Crippen LogP contribution in [0, 0.1) is 53.3 Å². The first-order valence-electron chi connectivity index (χ1n) is 46.8. The van der Waals surface area contributed by atoms with Gasteiger partial charge in [-0.15, -0.1) is 0 Å². The fourth-order valence-corrected chi connectivity index (χ4v) is 15.5. The summed E-state index contributed by atoms with van der Waals surface area (Å²) in [5, 5.41) is 32.4. The molecule has 0 radical (unpaired) electrons. The molecule has 123 heavy (non-hydrogen) atoms. The highest BCUT2D eigenvalue weighted by molar-refractivity contribution is 5.86. The molecule has 4 aromatic rings. The molecule has 10 amide bonds. The number of fused-ring (bicyclic) bond motifs is 2. The highest BCUT2D eigenvalue weighted by atomic mass is 16.2. The Kier molecular flexibility index (Phi) is 58.9. The number of amides is 10. The fourth-order valence-electron chi connectivity index (χ4n) is 15.5. The summed E-state index contributed by atoms with van der Waals surface area (Å²) in [6.45, 7) is 33.7. The molecule has 4 rings (SSSR count). The normalized spacial score (nSPS) is 13.9. The molecule has 2 aromatic carbocycles. The van der Waals surface area contributed by atoms with E-state index in [4.69, 9.17) is 22.9 Å². The number of benzene rings is 2. The van der Waals surface area contributed by atoms with E-state index in [2.05, 4.69) is 117 Å². The quantitative estimate of drug-likeness (QED) is 0.0183. The zero-order chi connectivity index (χ0) is 91.6. The first kappa shape index (κ1) is 111. The number of nitrogens with two attached hydrogens (primary N) is 4. The van der Waals surface area contributed by atoms with Gasteiger partial charge in [-0.1, -0.05) is 144 Å². The van der Waals surface area contributed by atoms with E-state index in [0.29, 0.717) is 161 Å². The van der Waals surface area contributed by atoms with Crippen LogP contribution in [0.25, 0.3) is 21.8 Å². The van der Waals surface area contributed by atoms with Gasteiger partial charge in [0.15, 0.2) is 0 Å². The number of para-hydroxylation sites is 2. The Morgan fingerprint density at radius 1 is 0.341 bits per heavy atom. The molecule has 10 atom stereocenters. The lowest BCUT2D eigenvalue weighted by atomic mass is 9.85. The molecule has 0 spiro atoms. The van der Waals surface area contributed by atoms with Crippen LogP contribution in [-0.4, -0.2) is 163 Å². The Morgan fingerprint density at radius 3 is 1.20 bits per heavy atom. The van der Waals surface area contributed by atoms with E-state index in [1.165, 1.54) is 0 Å². The van der Waals surface area contributed by atoms with Gasteiger partial charge in [-0.2, -0.15) is 0 Å². The van der Waals surface area contributed by atoms with Gasteiger partial charge in [0.05, 0.1) is 0 Å². The summed E-state index contributed by atoms with van der Waals surface area (Å²) in [7, 11) is 0. The van der Waals surface area contributed by atoms with Crippen LogP contribution in [0.3, 0.4) is 0 Å². The van der Waals surface area contributed by atoms with E-state index in [1.807, 2.05) is 90.3 Å². The predicted molar refractivity (Wildman–Crippen MR) is 501 cm³/mol. The summed E-state index contributed by atoms with van der Waals surface area (Å²) >= 11 is 0. The average molecular weight is 1720 g/mol. The third kappa shape index (κ3) is 51.7. The molecule has 0 unspecified atom stereocenters. The van der Waals surface area contributed by atoms with Crippen molar-refractivity contribution in [1.82, 2.24) is 63.1 Å². The largest absolute Gasteiger partial charge is 0.361 e. The summed E-state index contributed by atoms with van der Waals surface area (Å²) in [6.07, 6.45) is 26.0. The van der Waals surface area contributed by atoms with Crippen LogP contribution in [-0.2, 0) is 41.6 Å². The van der Waals surface area contributed by atoms with Crippen molar-refractivity contribution in [2.75, 3.05) is 52.4 Å². The lowest BCUT2D eigenvalue weighted by Gasteiger charge is -2.24. The summed E-state index contributed by atoms with van der Waals surface area (Å²) in [6, 6.07) is 14.7. The number of aromatic nitrogens is 2. The van der Waals surface area contributed by atoms with Gasteiger partial charge in [0.2, 0.25) is 0 Å². The molecule has 0 fully saturated rings. The Labute approximate surface area is 738 Å². The molecule has 27 heteroatoms. The topological polar surface area (TPSA) is 444 Å². The molecule has 0 saturated carbocycles. The minimum absolute atomic E-state index is 0.0253. The molecule has 0 aliphatic heterocycles. The highest BCUT2D eigenvalue weighted by Crippen LogP contribution is 2.27. The summed E-state index contributed by atoms with van der Waals surface area (Å²) in [4.78, 5) is 144. The fraction of sp³-hybridized carbons (Fsp3) is 0.719. The molecular formula is C96H168N16O11. The number of nitrogens with one attached hydrogen (secondary N) is 12. The van der Waals surface area contributed by atoms with Crippen LogP contribution in [0.1, 0.15) is 301 Å². The van der Waals surface area contributed by atoms with Crippen LogP contribution in [0.5, 0.6) is 0 Å². The summed E-state index contributed by atoms with van der Waals surface area (Å²) in [5.41, 5.74) is 27.0. The summed E-state index contributed by atoms with van der Waals surface area (Å²) < 4.78 is 0. The number of carbonyl (C=O) groups excluding carboxylic acids is 11. The maximum Gasteiger partial charge on any atom is 0.315 e. The van der Waals surface area contributed by atoms with Gasteiger partial charge in [0, 0.05) is 154 Å². The zero-order valence-corrected chi connectivity index (χ0v) is 78.3. The number of urea groups is 5. The lowest BCUT2D eigenvalue weighted by molar-refractivity contribution is -0.121. The van der Waals surface area contributed by atoms with Crippen LogP contribution < -0.4 is 76.1 Å². The van der Waals surface area contributed by atoms with Gasteiger partial charge >= 0.3 is 30.2 Å². The standard InChI is InChI=1S/C37H65N7O3.C32H50N4O4.C27H53N5O4/c1-5-13-31(15-10-12-21-39)43-37(47)42-25-29(27(3)4)23-33(45)19-18-32(22-30-26-40-35-17-8-7-16-34(30)35)44-36(46)41-24-28(6-2)14-9-11-20-38;1-22(2)26(13-12-23(3)37)19-29(39)15-14-28(9-7-8-16-33)36-32(40)35-20-25(17-24(4)38)18-27-21-34-31-11-6-5-10-30(27)31;1-18(2)24(13-11-21(7)33)31-26(35)29-17-22(10-8-9-15-28)16-23(34)12-14-25(19(3)4)32-27(36)30-20(5)6/h7-8,16-17,26-29,31-32,40H,5-6,9-15,18-25,38-39H2,1-4H3,(H2,41,44,46)(H2,42,43,47);5-6,10-11,21-22,25-26,28,34H,7-9,12-20,33H2,1-4H3,(H2,35,36,40);18-20,22,24-25H,8-17,28H2,1-7H3,(H2,29,31,35)(H2,30,32,36)/t28-,29+,31+,32+;25-,26-,28-;22-,24-,25-/m001/s1. The molecule has 0 bridgehead atoms. The second kappa shape index (κ2) is 65.3. The van der Waals surface area contributed by atoms with Gasteiger partial charge in [-0.05, 0) is 240 Å². The van der Waals surface area contributed by atoms with Gasteiger partial charge in [0.1, 0.15) is 34.7 Å². The van der Waals surface area contributed by atoms with Gasteiger partial charge < -0.3 is 100 Å². The lowest BCUT2D eigenvalue weighted by Crippen LogP contribution is -2.46. The third-order valence-electron chi connectivity index (χ3n) is 23.4. The van der Waals surface area contributed by atoms with Crippen molar-refractivity contribution in [3.63, 3.8) is 0 Å². The number of rotatable bonds is 64. The predicted octanol–water partition coefficient (Wildman–Crippen LogP) is 15.5. The first-order chi connectivity index (χ1) is 58.6. The Hall–Kier alpha value is -8.27. The molecular weight excluding hydrogens is 1550 g/mol. The molecule has 0 aliphatic rings. The van der Waals surface area contributed by atoms with Crippen LogP contribution in [0.2, 0.25) is 0 Å². The molecule has 20 N–H and O–H groups in total. The number of unbranched alkanes of at least 4 members (excludes halogenated alkanes) is 4. The average Bonchev–Trinajstić information content (AvgIpc) is 1.69. The van der Waals surface area contributed by atoms with Crippen molar-refractivity contribution < 1.29 is 52.7 Å². The number of ketones is 6. The Morgan fingerprint density at radius 2 is 0.732 bits per heavy atom. The number of carbonyl (C=O) groups is 11. The van der Waals surface area contributed by atoms with Crippen LogP contribution in [0.4, 0.5) is 24.0 Å². The molecule has 698 valence electrons. The second-order valence-electron chi connectivity index (χ2n) is 36.3. The highest BCUT2D eigenvalue weighted by Gasteiger charge is 2.27. The third-order valence-corrected chi connectivity index (χ3v) is 23.4. The van der Waals surface area contributed by atoms with E-state index < -0.39 is 0 Å². The monoisotopic (exact) mass is 1720 g/mol. The van der Waals surface area contributed by atoms with E-state index >= 15 is 0 Å². The van der Waals surface area contributed by atoms with E-state index in [9.17, 15) is 52.7 Å². The van der Waals surface area contributed by atoms with E-state index in [0.717, 1.165) is 136 Å². The van der Waals surface area contributed by atoms with Gasteiger partial charge in [-0.25, -0.2) is 24.0 Å². The molecule has 0 aliphatic carbocycles. The van der Waals surface area contributed by atoms with Crippen molar-refractivity contribution in [3.05, 3.63) is 72.1 Å². The summed E-state index contributed by atoms with van der Waals surface area (Å²) in [5.74, 6) is 2.43. The minimum Gasteiger partial charge on any atom is -0.361 e. The number of H-pyrrole nitrogens is 2. The van der Waals surface area contributed by atoms with Crippen molar-refractivity contribution in [2.24, 2.45) is 76.2 Å². The molecule has 2 heterocycles. The molecule has 27 nitrogen and oxygen atoms in total. The van der Waals surface area contributed by atoms with Gasteiger partial charge in [0.25, 0.3) is 0 Å². The van der Waals surface area contributed by atoms with E-state index in [-0.39, 0.29) is 143 Å². The number of aromatic amines is 2. The molecule has 2 aromatic heterocycles. The number of Topliss-reactive ketones (excluding diaryl/α,β-unsaturated/α-hetero) is 6. The zero-order valence-electron chi connectivity index (χ0n) is 78.3. The molecule has 0 saturated heterocycles. The maximum atomic E-state index is 13.3. The van der Waals surface area contributed by atoms with Crippen molar-refractivity contribution in [2.45, 2.75) is 339 Å². The second-order valence-corrected chi connectivity index (χ2v) is 36.3. The van der Waals surface area contributed by atoms with Crippen LogP contribution in [0.15, 0.2) is 60.9 Å². The SMILES string of the molecule is CC(=O)CC[C@@H](CC(=O)CC[C@H](CCCCN)NC(=O)NC[C@@H](CC(C)=O)Cc1c[nH]c2ccccc12)C(C)C.CC(=O)CC[C@@H](NC(=O)NC[C@H](CCCCN)CC(=O)CC[C@@H](NC(=O)NC(C)C)C(C)C)C(C)C.CCC[C@H](CCCCN)NC(=O)NC[C@@H](CC(=O)CC[C@H](Cc1c[nH]c2ccccc12)NC(=O)NC[C@@H](CC)CCCCN)C(C)C. The smallest absolute Gasteiger partial charge is 0.315 e. The minimum atomic E-state index is -0.279. The van der Waals surface area contributed by atoms with Crippen LogP contribution >= 0.6 is 0 Å². The van der Waals surface area contributed by atoms with Crippen molar-refractivity contribution in [1.29, 1.82) is 0 Å². The Bertz CT molecular complexity index is 3650.